The van der Waals surface area contributed by atoms with E-state index < -0.39 is 0 Å². The lowest BCUT2D eigenvalue weighted by Crippen LogP contribution is -2.44. The molecule has 2 aliphatic heterocycles. The van der Waals surface area contributed by atoms with E-state index in [1.165, 1.54) is 11.3 Å². The first-order valence-corrected chi connectivity index (χ1v) is 9.64. The summed E-state index contributed by atoms with van der Waals surface area (Å²) in [6.07, 6.45) is 0.886. The molecule has 1 amide bonds. The summed E-state index contributed by atoms with van der Waals surface area (Å²) in [4.78, 5) is 19.3. The highest BCUT2D eigenvalue weighted by Gasteiger charge is 2.25. The summed E-state index contributed by atoms with van der Waals surface area (Å²) in [6.45, 7) is 4.81. The molecule has 1 fully saturated rings. The van der Waals surface area contributed by atoms with Crippen molar-refractivity contribution in [2.75, 3.05) is 51.7 Å². The van der Waals surface area contributed by atoms with E-state index in [-0.39, 0.29) is 12.0 Å². The number of carbonyl (C=O) groups is 1. The molecule has 0 aromatic heterocycles. The number of likely N-dealkylation sites (N-methyl/N-ethyl adjacent to an activating group) is 2. The van der Waals surface area contributed by atoms with Gasteiger partial charge in [-0.1, -0.05) is 18.2 Å². The second-order valence-electron chi connectivity index (χ2n) is 7.57. The summed E-state index contributed by atoms with van der Waals surface area (Å²) in [7, 11) is 4.00. The van der Waals surface area contributed by atoms with Gasteiger partial charge in [0, 0.05) is 50.9 Å². The van der Waals surface area contributed by atoms with Crippen LogP contribution in [0.25, 0.3) is 0 Å². The van der Waals surface area contributed by atoms with Gasteiger partial charge in [0.15, 0.2) is 0 Å². The monoisotopic (exact) mass is 365 g/mol. The third kappa shape index (κ3) is 3.93. The molecule has 0 saturated carbocycles. The zero-order valence-electron chi connectivity index (χ0n) is 16.1. The Morgan fingerprint density at radius 3 is 2.48 bits per heavy atom. The van der Waals surface area contributed by atoms with Crippen LogP contribution in [0.3, 0.4) is 0 Å². The molecule has 5 nitrogen and oxygen atoms in total. The molecule has 1 unspecified atom stereocenters. The number of nitrogens with zero attached hydrogens (tertiary/aromatic N) is 3. The van der Waals surface area contributed by atoms with Crippen LogP contribution < -0.4 is 9.64 Å². The molecule has 1 saturated heterocycles. The Hall–Kier alpha value is -2.53. The molecule has 1 atom stereocenters. The van der Waals surface area contributed by atoms with Crippen molar-refractivity contribution in [1.29, 1.82) is 0 Å². The third-order valence-electron chi connectivity index (χ3n) is 5.52. The number of benzene rings is 2. The summed E-state index contributed by atoms with van der Waals surface area (Å²) in [5.74, 6) is 0.986. The SMILES string of the molecule is CN1CCN(c2ccc(C(=O)N(C)CC3Cc4ccccc4O3)cc2)CC1. The Labute approximate surface area is 161 Å². The normalized spacial score (nSPS) is 19.5. The van der Waals surface area contributed by atoms with Crippen molar-refractivity contribution >= 4 is 11.6 Å². The second kappa shape index (κ2) is 7.61. The molecule has 2 heterocycles. The van der Waals surface area contributed by atoms with Gasteiger partial charge in [-0.25, -0.2) is 0 Å². The van der Waals surface area contributed by atoms with E-state index in [0.29, 0.717) is 6.54 Å². The number of piperazine rings is 1. The Kier molecular flexibility index (Phi) is 5.03. The van der Waals surface area contributed by atoms with Gasteiger partial charge in [-0.15, -0.1) is 0 Å². The highest BCUT2D eigenvalue weighted by atomic mass is 16.5. The molecule has 2 aromatic carbocycles. The number of rotatable bonds is 4. The van der Waals surface area contributed by atoms with Crippen molar-refractivity contribution in [1.82, 2.24) is 9.80 Å². The zero-order valence-corrected chi connectivity index (χ0v) is 16.1. The molecule has 0 bridgehead atoms. The minimum Gasteiger partial charge on any atom is -0.488 e. The maximum Gasteiger partial charge on any atom is 0.253 e. The lowest BCUT2D eigenvalue weighted by atomic mass is 10.1. The maximum atomic E-state index is 12.8. The van der Waals surface area contributed by atoms with Gasteiger partial charge in [0.2, 0.25) is 0 Å². The van der Waals surface area contributed by atoms with Gasteiger partial charge in [0.05, 0.1) is 6.54 Å². The summed E-state index contributed by atoms with van der Waals surface area (Å²) in [5, 5.41) is 0. The zero-order chi connectivity index (χ0) is 18.8. The van der Waals surface area contributed by atoms with E-state index in [4.69, 9.17) is 4.74 Å². The first-order valence-electron chi connectivity index (χ1n) is 9.64. The van der Waals surface area contributed by atoms with Gasteiger partial charge in [0.25, 0.3) is 5.91 Å². The minimum absolute atomic E-state index is 0.0287. The van der Waals surface area contributed by atoms with E-state index in [9.17, 15) is 4.79 Å². The van der Waals surface area contributed by atoms with Crippen LogP contribution in [0.1, 0.15) is 15.9 Å². The molecular weight excluding hydrogens is 338 g/mol. The van der Waals surface area contributed by atoms with Crippen LogP contribution in [0, 0.1) is 0 Å². The average molecular weight is 365 g/mol. The number of fused-ring (bicyclic) bond motifs is 1. The molecule has 4 rings (SSSR count). The van der Waals surface area contributed by atoms with E-state index in [1.54, 1.807) is 4.90 Å². The Bertz CT molecular complexity index is 772. The Balaban J connectivity index is 1.35. The van der Waals surface area contributed by atoms with Crippen molar-refractivity contribution in [3.8, 4) is 5.75 Å². The predicted octanol–water partition coefficient (Wildman–Crippen LogP) is 2.51. The highest BCUT2D eigenvalue weighted by molar-refractivity contribution is 5.94. The van der Waals surface area contributed by atoms with Gasteiger partial charge in [-0.3, -0.25) is 4.79 Å². The Morgan fingerprint density at radius 2 is 1.78 bits per heavy atom. The molecule has 0 aliphatic carbocycles. The molecule has 27 heavy (non-hydrogen) atoms. The minimum atomic E-state index is 0.0287. The lowest BCUT2D eigenvalue weighted by molar-refractivity contribution is 0.0730. The van der Waals surface area contributed by atoms with E-state index in [1.807, 2.05) is 37.4 Å². The molecule has 142 valence electrons. The average Bonchev–Trinajstić information content (AvgIpc) is 3.10. The molecule has 0 radical (unpaired) electrons. The molecule has 5 heteroatoms. The molecular formula is C22H27N3O2. The Morgan fingerprint density at radius 1 is 1.07 bits per heavy atom. The largest absolute Gasteiger partial charge is 0.488 e. The van der Waals surface area contributed by atoms with Crippen molar-refractivity contribution in [3.63, 3.8) is 0 Å². The first kappa shape index (κ1) is 17.9. The van der Waals surface area contributed by atoms with E-state index >= 15 is 0 Å². The van der Waals surface area contributed by atoms with Crippen LogP contribution in [0.15, 0.2) is 48.5 Å². The molecule has 0 N–H and O–H groups in total. The van der Waals surface area contributed by atoms with Gasteiger partial charge in [-0.2, -0.15) is 0 Å². The molecule has 2 aliphatic rings. The van der Waals surface area contributed by atoms with Gasteiger partial charge in [0.1, 0.15) is 11.9 Å². The van der Waals surface area contributed by atoms with Crippen LogP contribution in [-0.2, 0) is 6.42 Å². The number of para-hydroxylation sites is 1. The van der Waals surface area contributed by atoms with Gasteiger partial charge >= 0.3 is 0 Å². The van der Waals surface area contributed by atoms with Crippen LogP contribution in [0.5, 0.6) is 5.75 Å². The van der Waals surface area contributed by atoms with Crippen LogP contribution in [0.4, 0.5) is 5.69 Å². The van der Waals surface area contributed by atoms with Crippen molar-refractivity contribution < 1.29 is 9.53 Å². The highest BCUT2D eigenvalue weighted by Crippen LogP contribution is 2.28. The first-order chi connectivity index (χ1) is 13.1. The van der Waals surface area contributed by atoms with Gasteiger partial charge < -0.3 is 19.4 Å². The summed E-state index contributed by atoms with van der Waals surface area (Å²) in [6, 6.07) is 16.1. The summed E-state index contributed by atoms with van der Waals surface area (Å²) in [5.41, 5.74) is 3.14. The van der Waals surface area contributed by atoms with E-state index in [0.717, 1.165) is 43.9 Å². The van der Waals surface area contributed by atoms with Crippen LogP contribution in [-0.4, -0.2) is 68.6 Å². The standard InChI is InChI=1S/C22H27N3O2/c1-23-11-13-25(14-12-23)19-9-7-17(8-10-19)22(26)24(2)16-20-15-18-5-3-4-6-21(18)27-20/h3-10,20H,11-16H2,1-2H3. The molecule has 0 spiro atoms. The topological polar surface area (TPSA) is 36.0 Å². The number of hydrogen-bond donors (Lipinski definition) is 0. The molecule has 2 aromatic rings. The second-order valence-corrected chi connectivity index (χ2v) is 7.57. The summed E-state index contributed by atoms with van der Waals surface area (Å²) < 4.78 is 5.97. The van der Waals surface area contributed by atoms with Crippen LogP contribution in [0.2, 0.25) is 0 Å². The third-order valence-corrected chi connectivity index (χ3v) is 5.52. The van der Waals surface area contributed by atoms with Crippen molar-refractivity contribution in [2.45, 2.75) is 12.5 Å². The number of carbonyl (C=O) groups excluding carboxylic acids is 1. The number of ether oxygens (including phenoxy) is 1. The number of hydrogen-bond acceptors (Lipinski definition) is 4. The lowest BCUT2D eigenvalue weighted by Gasteiger charge is -2.34. The van der Waals surface area contributed by atoms with Crippen molar-refractivity contribution in [2.24, 2.45) is 0 Å². The number of anilines is 1. The predicted molar refractivity (Wildman–Crippen MR) is 108 cm³/mol. The van der Waals surface area contributed by atoms with Crippen LogP contribution >= 0.6 is 0 Å². The quantitative estimate of drug-likeness (QED) is 0.834. The maximum absolute atomic E-state index is 12.8. The fourth-order valence-corrected chi connectivity index (χ4v) is 3.84. The van der Waals surface area contributed by atoms with Crippen molar-refractivity contribution in [3.05, 3.63) is 59.7 Å². The van der Waals surface area contributed by atoms with E-state index in [2.05, 4.69) is 35.0 Å². The summed E-state index contributed by atoms with van der Waals surface area (Å²) >= 11 is 0. The number of amides is 1. The van der Waals surface area contributed by atoms with Gasteiger partial charge in [-0.05, 0) is 42.9 Å². The fraction of sp³-hybridized carbons (Fsp3) is 0.409. The fourth-order valence-electron chi connectivity index (χ4n) is 3.84. The smallest absolute Gasteiger partial charge is 0.253 e.